The molecule has 0 radical (unpaired) electrons. The summed E-state index contributed by atoms with van der Waals surface area (Å²) < 4.78 is 35.5. The van der Waals surface area contributed by atoms with Gasteiger partial charge in [0.15, 0.2) is 9.84 Å². The molecule has 0 aliphatic carbocycles. The van der Waals surface area contributed by atoms with Crippen LogP contribution in [0, 0.1) is 4.84 Å². The van der Waals surface area contributed by atoms with Gasteiger partial charge >= 0.3 is 0 Å². The molecule has 1 aromatic carbocycles. The maximum absolute atomic E-state index is 11.6. The summed E-state index contributed by atoms with van der Waals surface area (Å²) in [4.78, 5) is 2.32. The summed E-state index contributed by atoms with van der Waals surface area (Å²) in [5, 5.41) is 4.39. The normalized spacial score (nSPS) is 19.4. The number of sulfone groups is 1. The second kappa shape index (κ2) is 7.27. The summed E-state index contributed by atoms with van der Waals surface area (Å²) in [6, 6.07) is 7.85. The zero-order valence-corrected chi connectivity index (χ0v) is 15.8. The Hall–Kier alpha value is -1.71. The molecule has 1 aliphatic rings. The van der Waals surface area contributed by atoms with Crippen molar-refractivity contribution >= 4 is 22.1 Å². The zero-order chi connectivity index (χ0) is 18.0. The minimum absolute atomic E-state index is 0.0873. The summed E-state index contributed by atoms with van der Waals surface area (Å²) in [6.45, 7) is 1.18. The number of rotatable bonds is 6. The van der Waals surface area contributed by atoms with Crippen molar-refractivity contribution in [2.24, 2.45) is 0 Å². The lowest BCUT2D eigenvalue weighted by Gasteiger charge is -2.16. The summed E-state index contributed by atoms with van der Waals surface area (Å²) in [5.41, 5.74) is 1.14. The van der Waals surface area contributed by atoms with Crippen LogP contribution in [0.15, 0.2) is 28.7 Å². The van der Waals surface area contributed by atoms with Crippen molar-refractivity contribution in [2.45, 2.75) is 25.6 Å². The highest BCUT2D eigenvalue weighted by atomic mass is 32.2. The highest BCUT2D eigenvalue weighted by Gasteiger charge is 2.32. The van der Waals surface area contributed by atoms with Crippen LogP contribution in [0.2, 0.25) is 0 Å². The predicted molar refractivity (Wildman–Crippen MR) is 95.8 cm³/mol. The maximum atomic E-state index is 11.6. The van der Waals surface area contributed by atoms with Crippen molar-refractivity contribution in [3.8, 4) is 5.75 Å². The van der Waals surface area contributed by atoms with Crippen LogP contribution in [-0.2, 0) is 23.1 Å². The Bertz CT molecular complexity index is 887. The number of hydrogen-bond acceptors (Lipinski definition) is 7. The molecule has 1 saturated heterocycles. The lowest BCUT2D eigenvalue weighted by atomic mass is 10.1. The van der Waals surface area contributed by atoms with Crippen LogP contribution in [0.5, 0.6) is 5.75 Å². The molecule has 2 heterocycles. The van der Waals surface area contributed by atoms with E-state index in [1.807, 2.05) is 31.3 Å². The van der Waals surface area contributed by atoms with E-state index in [1.165, 1.54) is 0 Å². The van der Waals surface area contributed by atoms with Gasteiger partial charge in [-0.05, 0) is 43.4 Å². The Labute approximate surface area is 152 Å². The standard InChI is InChI=1S/C16H21N3O4S2/c1-18(9-12-3-5-14(22-2)6-4-12)11-19-16(24)23-15(17-19)13-7-8-25(20,21)10-13/h3-6,13H,7-11H2,1-2H3/t13-/m0/s1. The van der Waals surface area contributed by atoms with Gasteiger partial charge in [-0.1, -0.05) is 12.1 Å². The van der Waals surface area contributed by atoms with E-state index < -0.39 is 9.84 Å². The van der Waals surface area contributed by atoms with E-state index in [0.29, 0.717) is 25.5 Å². The third-order valence-electron chi connectivity index (χ3n) is 4.19. The number of ether oxygens (including phenoxy) is 1. The van der Waals surface area contributed by atoms with E-state index in [1.54, 1.807) is 11.8 Å². The predicted octanol–water partition coefficient (Wildman–Crippen LogP) is 2.21. The molecule has 0 amide bonds. The minimum atomic E-state index is -2.98. The third-order valence-corrected chi connectivity index (χ3v) is 6.25. The van der Waals surface area contributed by atoms with Gasteiger partial charge in [0.05, 0.1) is 31.2 Å². The highest BCUT2D eigenvalue weighted by Crippen LogP contribution is 2.27. The second-order valence-electron chi connectivity index (χ2n) is 6.31. The lowest BCUT2D eigenvalue weighted by molar-refractivity contribution is 0.240. The second-order valence-corrected chi connectivity index (χ2v) is 8.89. The van der Waals surface area contributed by atoms with Gasteiger partial charge < -0.3 is 9.15 Å². The van der Waals surface area contributed by atoms with Crippen molar-refractivity contribution in [3.63, 3.8) is 0 Å². The van der Waals surface area contributed by atoms with Crippen molar-refractivity contribution in [2.75, 3.05) is 25.7 Å². The van der Waals surface area contributed by atoms with Gasteiger partial charge in [-0.15, -0.1) is 5.10 Å². The van der Waals surface area contributed by atoms with Crippen LogP contribution in [0.25, 0.3) is 0 Å². The fourth-order valence-corrected chi connectivity index (χ4v) is 4.80. The van der Waals surface area contributed by atoms with Crippen molar-refractivity contribution in [3.05, 3.63) is 40.6 Å². The Balaban J connectivity index is 1.65. The van der Waals surface area contributed by atoms with E-state index in [2.05, 4.69) is 10.00 Å². The number of hydrogen-bond donors (Lipinski definition) is 0. The molecular weight excluding hydrogens is 362 g/mol. The van der Waals surface area contributed by atoms with Crippen molar-refractivity contribution in [1.29, 1.82) is 0 Å². The van der Waals surface area contributed by atoms with Crippen molar-refractivity contribution in [1.82, 2.24) is 14.7 Å². The molecule has 25 heavy (non-hydrogen) atoms. The zero-order valence-electron chi connectivity index (χ0n) is 14.2. The molecule has 1 aromatic heterocycles. The van der Waals surface area contributed by atoms with Gasteiger partial charge in [0.25, 0.3) is 4.84 Å². The average Bonchev–Trinajstić information content (AvgIpc) is 3.11. The van der Waals surface area contributed by atoms with Crippen LogP contribution < -0.4 is 4.74 Å². The number of methoxy groups -OCH3 is 1. The minimum Gasteiger partial charge on any atom is -0.497 e. The fraction of sp³-hybridized carbons (Fsp3) is 0.500. The molecule has 1 aliphatic heterocycles. The molecule has 0 unspecified atom stereocenters. The quantitative estimate of drug-likeness (QED) is 0.708. The first-order valence-corrected chi connectivity index (χ1v) is 10.2. The first-order valence-electron chi connectivity index (χ1n) is 7.96. The Kier molecular flexibility index (Phi) is 5.26. The number of benzene rings is 1. The molecule has 3 rings (SSSR count). The van der Waals surface area contributed by atoms with Crippen LogP contribution in [0.3, 0.4) is 0 Å². The Morgan fingerprint density at radius 1 is 1.40 bits per heavy atom. The van der Waals surface area contributed by atoms with Crippen LogP contribution >= 0.6 is 12.2 Å². The largest absolute Gasteiger partial charge is 0.497 e. The number of aromatic nitrogens is 2. The van der Waals surface area contributed by atoms with Gasteiger partial charge in [0.2, 0.25) is 5.89 Å². The summed E-state index contributed by atoms with van der Waals surface area (Å²) >= 11 is 5.22. The molecule has 9 heteroatoms. The fourth-order valence-electron chi connectivity index (χ4n) is 2.89. The molecule has 136 valence electrons. The molecule has 0 saturated carbocycles. The smallest absolute Gasteiger partial charge is 0.288 e. The van der Waals surface area contributed by atoms with Gasteiger partial charge in [0.1, 0.15) is 5.75 Å². The molecule has 2 aromatic rings. The monoisotopic (exact) mass is 383 g/mol. The molecule has 1 fully saturated rings. The maximum Gasteiger partial charge on any atom is 0.288 e. The topological polar surface area (TPSA) is 77.6 Å². The summed E-state index contributed by atoms with van der Waals surface area (Å²) in [7, 11) is 0.618. The number of nitrogens with zero attached hydrogens (tertiary/aromatic N) is 3. The Morgan fingerprint density at radius 3 is 2.72 bits per heavy atom. The third kappa shape index (κ3) is 4.47. The van der Waals surface area contributed by atoms with Gasteiger partial charge in [-0.3, -0.25) is 4.90 Å². The van der Waals surface area contributed by atoms with Gasteiger partial charge in [-0.2, -0.15) is 0 Å². The summed E-state index contributed by atoms with van der Waals surface area (Å²) in [6.07, 6.45) is 0.541. The molecule has 0 bridgehead atoms. The lowest BCUT2D eigenvalue weighted by Crippen LogP contribution is -2.22. The van der Waals surface area contributed by atoms with E-state index in [9.17, 15) is 8.42 Å². The van der Waals surface area contributed by atoms with Gasteiger partial charge in [0, 0.05) is 6.54 Å². The molecule has 0 spiro atoms. The van der Waals surface area contributed by atoms with E-state index in [-0.39, 0.29) is 22.3 Å². The van der Waals surface area contributed by atoms with E-state index >= 15 is 0 Å². The van der Waals surface area contributed by atoms with Gasteiger partial charge in [-0.25, -0.2) is 13.1 Å². The molecule has 7 nitrogen and oxygen atoms in total. The SMILES string of the molecule is COc1ccc(CN(C)Cn2nc([C@H]3CCS(=O)(=O)C3)oc2=S)cc1. The molecule has 0 N–H and O–H groups in total. The Morgan fingerprint density at radius 2 is 2.12 bits per heavy atom. The van der Waals surface area contributed by atoms with E-state index in [4.69, 9.17) is 21.4 Å². The summed E-state index contributed by atoms with van der Waals surface area (Å²) in [5.74, 6) is 1.32. The highest BCUT2D eigenvalue weighted by molar-refractivity contribution is 7.91. The van der Waals surface area contributed by atoms with Crippen LogP contribution in [-0.4, -0.2) is 48.8 Å². The van der Waals surface area contributed by atoms with Crippen LogP contribution in [0.4, 0.5) is 0 Å². The molecular formula is C16H21N3O4S2. The van der Waals surface area contributed by atoms with Crippen LogP contribution in [0.1, 0.15) is 23.8 Å². The van der Waals surface area contributed by atoms with Crippen molar-refractivity contribution < 1.29 is 17.6 Å². The first-order chi connectivity index (χ1) is 11.9. The first kappa shape index (κ1) is 18.1. The molecule has 1 atom stereocenters. The van der Waals surface area contributed by atoms with E-state index in [0.717, 1.165) is 11.3 Å². The average molecular weight is 383 g/mol.